The van der Waals surface area contributed by atoms with Gasteiger partial charge in [-0.1, -0.05) is 74.8 Å². The van der Waals surface area contributed by atoms with Gasteiger partial charge in [-0.3, -0.25) is 9.52 Å². The van der Waals surface area contributed by atoms with E-state index in [0.717, 1.165) is 5.56 Å². The zero-order valence-electron chi connectivity index (χ0n) is 16.4. The van der Waals surface area contributed by atoms with Crippen molar-refractivity contribution in [1.82, 2.24) is 0 Å². The van der Waals surface area contributed by atoms with Gasteiger partial charge in [-0.25, -0.2) is 8.42 Å². The van der Waals surface area contributed by atoms with Gasteiger partial charge in [0, 0.05) is 16.1 Å². The lowest BCUT2D eigenvalue weighted by Gasteiger charge is -2.19. The standard InChI is InChI=1S/C23H22ClNO3S/c1-23(2,3)17-9-12-19(13-10-17)29(27,28)25-21-15-18(24)11-14-20(21)22(26)16-7-5-4-6-8-16/h4-15,25H,1-3H3. The summed E-state index contributed by atoms with van der Waals surface area (Å²) in [6.45, 7) is 6.17. The van der Waals surface area contributed by atoms with E-state index in [1.807, 2.05) is 6.07 Å². The van der Waals surface area contributed by atoms with Crippen LogP contribution in [-0.4, -0.2) is 14.2 Å². The minimum atomic E-state index is -3.89. The monoisotopic (exact) mass is 427 g/mol. The maximum atomic E-state index is 12.9. The van der Waals surface area contributed by atoms with Crippen LogP contribution in [0.1, 0.15) is 42.3 Å². The molecule has 29 heavy (non-hydrogen) atoms. The van der Waals surface area contributed by atoms with Crippen LogP contribution in [0.2, 0.25) is 5.02 Å². The first-order valence-electron chi connectivity index (χ1n) is 9.10. The Balaban J connectivity index is 1.97. The summed E-state index contributed by atoms with van der Waals surface area (Å²) in [5.74, 6) is -0.289. The van der Waals surface area contributed by atoms with Crippen molar-refractivity contribution < 1.29 is 13.2 Å². The fourth-order valence-corrected chi connectivity index (χ4v) is 4.12. The first kappa shape index (κ1) is 21.1. The Morgan fingerprint density at radius 1 is 0.897 bits per heavy atom. The zero-order valence-corrected chi connectivity index (χ0v) is 18.0. The molecule has 3 rings (SSSR count). The maximum Gasteiger partial charge on any atom is 0.261 e. The van der Waals surface area contributed by atoms with Crippen LogP contribution in [0.4, 0.5) is 5.69 Å². The van der Waals surface area contributed by atoms with Crippen molar-refractivity contribution in [3.8, 4) is 0 Å². The van der Waals surface area contributed by atoms with E-state index in [-0.39, 0.29) is 27.3 Å². The third-order valence-electron chi connectivity index (χ3n) is 4.54. The van der Waals surface area contributed by atoms with E-state index in [4.69, 9.17) is 11.6 Å². The topological polar surface area (TPSA) is 63.2 Å². The molecule has 3 aromatic rings. The lowest BCUT2D eigenvalue weighted by molar-refractivity contribution is 0.103. The molecule has 0 aliphatic carbocycles. The minimum absolute atomic E-state index is 0.0854. The van der Waals surface area contributed by atoms with Gasteiger partial charge in [0.05, 0.1) is 10.6 Å². The van der Waals surface area contributed by atoms with Crippen molar-refractivity contribution in [1.29, 1.82) is 0 Å². The quantitative estimate of drug-likeness (QED) is 0.533. The summed E-state index contributed by atoms with van der Waals surface area (Å²) in [4.78, 5) is 13.0. The highest BCUT2D eigenvalue weighted by Gasteiger charge is 2.21. The van der Waals surface area contributed by atoms with Crippen molar-refractivity contribution in [2.24, 2.45) is 0 Å². The van der Waals surface area contributed by atoms with Crippen LogP contribution in [0.5, 0.6) is 0 Å². The summed E-state index contributed by atoms with van der Waals surface area (Å²) in [5.41, 5.74) is 1.78. The summed E-state index contributed by atoms with van der Waals surface area (Å²) in [6, 6.07) is 19.9. The van der Waals surface area contributed by atoms with Gasteiger partial charge in [-0.15, -0.1) is 0 Å². The Kier molecular flexibility index (Phi) is 5.82. The number of halogens is 1. The van der Waals surface area contributed by atoms with Crippen molar-refractivity contribution in [3.05, 3.63) is 94.5 Å². The fraction of sp³-hybridized carbons (Fsp3) is 0.174. The number of benzene rings is 3. The molecule has 3 aromatic carbocycles. The van der Waals surface area contributed by atoms with Crippen LogP contribution in [0.3, 0.4) is 0 Å². The maximum absolute atomic E-state index is 12.9. The van der Waals surface area contributed by atoms with Crippen LogP contribution in [-0.2, 0) is 15.4 Å². The molecule has 0 saturated carbocycles. The molecule has 0 unspecified atom stereocenters. The number of carbonyl (C=O) groups is 1. The third-order valence-corrected chi connectivity index (χ3v) is 6.15. The van der Waals surface area contributed by atoms with Crippen LogP contribution in [0, 0.1) is 0 Å². The summed E-state index contributed by atoms with van der Waals surface area (Å²) in [7, 11) is -3.89. The van der Waals surface area contributed by atoms with Crippen molar-refractivity contribution in [3.63, 3.8) is 0 Å². The highest BCUT2D eigenvalue weighted by atomic mass is 35.5. The van der Waals surface area contributed by atoms with Gasteiger partial charge in [0.15, 0.2) is 5.78 Å². The van der Waals surface area contributed by atoms with E-state index < -0.39 is 10.0 Å². The molecule has 0 spiro atoms. The second-order valence-corrected chi connectivity index (χ2v) is 9.88. The molecule has 0 aliphatic heterocycles. The predicted octanol–water partition coefficient (Wildman–Crippen LogP) is 5.67. The molecule has 0 bridgehead atoms. The van der Waals surface area contributed by atoms with Crippen LogP contribution in [0.25, 0.3) is 0 Å². The fourth-order valence-electron chi connectivity index (χ4n) is 2.88. The highest BCUT2D eigenvalue weighted by Crippen LogP contribution is 2.28. The molecule has 0 radical (unpaired) electrons. The molecule has 0 saturated heterocycles. The molecular weight excluding hydrogens is 406 g/mol. The van der Waals surface area contributed by atoms with Gasteiger partial charge >= 0.3 is 0 Å². The van der Waals surface area contributed by atoms with E-state index in [1.54, 1.807) is 54.6 Å². The van der Waals surface area contributed by atoms with Crippen molar-refractivity contribution >= 4 is 33.1 Å². The number of nitrogens with one attached hydrogen (secondary N) is 1. The van der Waals surface area contributed by atoms with Gasteiger partial charge in [0.1, 0.15) is 0 Å². The van der Waals surface area contributed by atoms with Gasteiger partial charge in [-0.05, 0) is 41.3 Å². The average molecular weight is 428 g/mol. The average Bonchev–Trinajstić information content (AvgIpc) is 2.67. The smallest absolute Gasteiger partial charge is 0.261 e. The predicted molar refractivity (Wildman–Crippen MR) is 117 cm³/mol. The number of rotatable bonds is 5. The SMILES string of the molecule is CC(C)(C)c1ccc(S(=O)(=O)Nc2cc(Cl)ccc2C(=O)c2ccccc2)cc1. The van der Waals surface area contributed by atoms with E-state index in [1.165, 1.54) is 12.1 Å². The highest BCUT2D eigenvalue weighted by molar-refractivity contribution is 7.92. The number of hydrogen-bond acceptors (Lipinski definition) is 3. The van der Waals surface area contributed by atoms with Gasteiger partial charge in [0.25, 0.3) is 10.0 Å². The number of anilines is 1. The number of carbonyl (C=O) groups excluding carboxylic acids is 1. The van der Waals surface area contributed by atoms with Gasteiger partial charge < -0.3 is 0 Å². The van der Waals surface area contributed by atoms with Crippen LogP contribution < -0.4 is 4.72 Å². The molecular formula is C23H22ClNO3S. The zero-order chi connectivity index (χ0) is 21.2. The van der Waals surface area contributed by atoms with E-state index >= 15 is 0 Å². The molecule has 0 aromatic heterocycles. The summed E-state index contributed by atoms with van der Waals surface area (Å²) < 4.78 is 28.4. The molecule has 0 aliphatic rings. The summed E-state index contributed by atoms with van der Waals surface area (Å²) in [6.07, 6.45) is 0. The van der Waals surface area contributed by atoms with Crippen molar-refractivity contribution in [2.45, 2.75) is 31.1 Å². The molecule has 150 valence electrons. The Bertz CT molecular complexity index is 1130. The lowest BCUT2D eigenvalue weighted by Crippen LogP contribution is -2.17. The molecule has 0 heterocycles. The molecule has 0 atom stereocenters. The number of ketones is 1. The minimum Gasteiger partial charge on any atom is -0.289 e. The third kappa shape index (κ3) is 4.86. The molecule has 4 nitrogen and oxygen atoms in total. The first-order valence-corrected chi connectivity index (χ1v) is 11.0. The largest absolute Gasteiger partial charge is 0.289 e. The van der Waals surface area contributed by atoms with Crippen LogP contribution >= 0.6 is 11.6 Å². The number of hydrogen-bond donors (Lipinski definition) is 1. The molecule has 1 N–H and O–H groups in total. The van der Waals surface area contributed by atoms with E-state index in [2.05, 4.69) is 25.5 Å². The van der Waals surface area contributed by atoms with Gasteiger partial charge in [0.2, 0.25) is 0 Å². The molecule has 0 amide bonds. The Labute approximate surface area is 176 Å². The summed E-state index contributed by atoms with van der Waals surface area (Å²) >= 11 is 6.07. The molecule has 0 fully saturated rings. The second kappa shape index (κ2) is 8.01. The number of sulfonamides is 1. The second-order valence-electron chi connectivity index (χ2n) is 7.76. The van der Waals surface area contributed by atoms with Gasteiger partial charge in [-0.2, -0.15) is 0 Å². The van der Waals surface area contributed by atoms with Crippen molar-refractivity contribution in [2.75, 3.05) is 4.72 Å². The Morgan fingerprint density at radius 2 is 1.52 bits per heavy atom. The van der Waals surface area contributed by atoms with E-state index in [0.29, 0.717) is 10.6 Å². The van der Waals surface area contributed by atoms with E-state index in [9.17, 15) is 13.2 Å². The Hall–Kier alpha value is -2.63. The lowest BCUT2D eigenvalue weighted by atomic mass is 9.87. The first-order chi connectivity index (χ1) is 13.6. The Morgan fingerprint density at radius 3 is 2.10 bits per heavy atom. The molecule has 6 heteroatoms. The normalized spacial score (nSPS) is 11.9. The van der Waals surface area contributed by atoms with Crippen LogP contribution in [0.15, 0.2) is 77.7 Å². The summed E-state index contributed by atoms with van der Waals surface area (Å²) in [5, 5.41) is 0.329.